The van der Waals surface area contributed by atoms with Crippen LogP contribution in [-0.4, -0.2) is 10.9 Å². The van der Waals surface area contributed by atoms with Gasteiger partial charge in [-0.3, -0.25) is 4.79 Å². The van der Waals surface area contributed by atoms with E-state index in [-0.39, 0.29) is 5.91 Å². The molecule has 0 saturated heterocycles. The van der Waals surface area contributed by atoms with Crippen LogP contribution in [-0.2, 0) is 4.79 Å². The highest BCUT2D eigenvalue weighted by Crippen LogP contribution is 2.29. The van der Waals surface area contributed by atoms with Crippen LogP contribution in [0.1, 0.15) is 22.3 Å². The topological polar surface area (TPSA) is 55.1 Å². The highest BCUT2D eigenvalue weighted by atomic mass is 16.3. The average Bonchev–Trinajstić information content (AvgIpc) is 3.12. The first kappa shape index (κ1) is 18.7. The molecule has 1 heterocycles. The van der Waals surface area contributed by atoms with Crippen LogP contribution in [0.3, 0.4) is 0 Å². The Hall–Kier alpha value is -3.66. The predicted molar refractivity (Wildman–Crippen MR) is 118 cm³/mol. The molecule has 144 valence electrons. The molecule has 4 heteroatoms. The van der Waals surface area contributed by atoms with E-state index in [1.807, 2.05) is 67.6 Å². The highest BCUT2D eigenvalue weighted by molar-refractivity contribution is 6.02. The van der Waals surface area contributed by atoms with E-state index < -0.39 is 0 Å². The zero-order chi connectivity index (χ0) is 20.4. The van der Waals surface area contributed by atoms with Crippen molar-refractivity contribution in [1.82, 2.24) is 4.98 Å². The Labute approximate surface area is 169 Å². The summed E-state index contributed by atoms with van der Waals surface area (Å²) < 4.78 is 5.96. The lowest BCUT2D eigenvalue weighted by Gasteiger charge is -2.08. The Morgan fingerprint density at radius 1 is 0.931 bits per heavy atom. The van der Waals surface area contributed by atoms with Gasteiger partial charge in [-0.15, -0.1) is 0 Å². The number of anilines is 1. The second kappa shape index (κ2) is 7.76. The van der Waals surface area contributed by atoms with Crippen LogP contribution < -0.4 is 5.32 Å². The average molecular weight is 382 g/mol. The van der Waals surface area contributed by atoms with Gasteiger partial charge in [-0.2, -0.15) is 0 Å². The van der Waals surface area contributed by atoms with Crippen LogP contribution >= 0.6 is 0 Å². The van der Waals surface area contributed by atoms with Crippen molar-refractivity contribution in [3.05, 3.63) is 89.0 Å². The Morgan fingerprint density at radius 3 is 2.48 bits per heavy atom. The Balaban J connectivity index is 1.59. The lowest BCUT2D eigenvalue weighted by Crippen LogP contribution is -2.09. The van der Waals surface area contributed by atoms with Gasteiger partial charge in [-0.05, 0) is 73.4 Å². The first-order valence-electron chi connectivity index (χ1n) is 9.52. The molecular formula is C25H22N2O2. The molecule has 0 saturated carbocycles. The van der Waals surface area contributed by atoms with Crippen molar-refractivity contribution in [2.75, 3.05) is 5.32 Å². The fraction of sp³-hybridized carbons (Fsp3) is 0.120. The van der Waals surface area contributed by atoms with E-state index in [2.05, 4.69) is 24.1 Å². The summed E-state index contributed by atoms with van der Waals surface area (Å²) >= 11 is 0. The fourth-order valence-electron chi connectivity index (χ4n) is 3.10. The number of fused-ring (bicyclic) bond motifs is 1. The first-order valence-corrected chi connectivity index (χ1v) is 9.52. The van der Waals surface area contributed by atoms with Crippen LogP contribution in [0.2, 0.25) is 0 Å². The molecule has 0 spiro atoms. The first-order chi connectivity index (χ1) is 14.0. The van der Waals surface area contributed by atoms with Gasteiger partial charge in [0.2, 0.25) is 11.8 Å². The molecule has 1 aromatic heterocycles. The molecule has 4 rings (SSSR count). The number of carbonyl (C=O) groups excluding carboxylic acids is 1. The molecule has 0 aliphatic carbocycles. The van der Waals surface area contributed by atoms with Gasteiger partial charge in [0.05, 0.1) is 0 Å². The third-order valence-corrected chi connectivity index (χ3v) is 4.97. The molecule has 4 nitrogen and oxygen atoms in total. The normalized spacial score (nSPS) is 11.3. The van der Waals surface area contributed by atoms with Crippen molar-refractivity contribution in [2.24, 2.45) is 0 Å². The van der Waals surface area contributed by atoms with Crippen LogP contribution in [0, 0.1) is 20.8 Å². The Kier molecular flexibility index (Phi) is 5.00. The molecule has 0 fully saturated rings. The molecule has 0 aliphatic heterocycles. The second-order valence-electron chi connectivity index (χ2n) is 7.19. The number of oxazole rings is 1. The van der Waals surface area contributed by atoms with Crippen molar-refractivity contribution < 1.29 is 9.21 Å². The number of hydrogen-bond donors (Lipinski definition) is 1. The minimum Gasteiger partial charge on any atom is -0.436 e. The summed E-state index contributed by atoms with van der Waals surface area (Å²) in [5, 5.41) is 2.95. The van der Waals surface area contributed by atoms with Gasteiger partial charge in [0.15, 0.2) is 5.58 Å². The minimum absolute atomic E-state index is 0.182. The fourth-order valence-corrected chi connectivity index (χ4v) is 3.10. The third-order valence-electron chi connectivity index (χ3n) is 4.97. The molecule has 0 atom stereocenters. The van der Waals surface area contributed by atoms with E-state index in [9.17, 15) is 4.79 Å². The minimum atomic E-state index is -0.182. The molecule has 4 aromatic rings. The van der Waals surface area contributed by atoms with Gasteiger partial charge in [0, 0.05) is 17.3 Å². The number of aryl methyl sites for hydroxylation is 3. The van der Waals surface area contributed by atoms with Gasteiger partial charge in [0.25, 0.3) is 0 Å². The van der Waals surface area contributed by atoms with Crippen LogP contribution in [0.5, 0.6) is 0 Å². The largest absolute Gasteiger partial charge is 0.436 e. The molecule has 3 aromatic carbocycles. The van der Waals surface area contributed by atoms with Gasteiger partial charge in [-0.25, -0.2) is 4.98 Å². The summed E-state index contributed by atoms with van der Waals surface area (Å²) in [5.41, 5.74) is 7.45. The van der Waals surface area contributed by atoms with E-state index in [1.165, 1.54) is 17.2 Å². The van der Waals surface area contributed by atoms with Crippen molar-refractivity contribution in [3.8, 4) is 11.5 Å². The summed E-state index contributed by atoms with van der Waals surface area (Å²) in [4.78, 5) is 17.0. The maximum Gasteiger partial charge on any atom is 0.248 e. The maximum absolute atomic E-state index is 12.4. The quantitative estimate of drug-likeness (QED) is 0.436. The standard InChI is InChI=1S/C25H22N2O2/c1-16-9-11-20(25-27-22-13-17(2)18(3)14-23(22)29-25)15-21(16)26-24(28)12-10-19-7-5-4-6-8-19/h4-15H,1-3H3,(H,26,28)/b12-10+. The number of hydrogen-bond acceptors (Lipinski definition) is 3. The lowest BCUT2D eigenvalue weighted by atomic mass is 10.1. The van der Waals surface area contributed by atoms with Gasteiger partial charge in [-0.1, -0.05) is 36.4 Å². The molecule has 0 bridgehead atoms. The lowest BCUT2D eigenvalue weighted by molar-refractivity contribution is -0.111. The molecule has 0 aliphatic rings. The molecule has 0 radical (unpaired) electrons. The number of nitrogens with one attached hydrogen (secondary N) is 1. The van der Waals surface area contributed by atoms with Gasteiger partial charge < -0.3 is 9.73 Å². The van der Waals surface area contributed by atoms with Crippen molar-refractivity contribution in [2.45, 2.75) is 20.8 Å². The summed E-state index contributed by atoms with van der Waals surface area (Å²) in [5.74, 6) is 0.359. The van der Waals surface area contributed by atoms with E-state index in [0.29, 0.717) is 5.89 Å². The zero-order valence-corrected chi connectivity index (χ0v) is 16.7. The third kappa shape index (κ3) is 4.11. The highest BCUT2D eigenvalue weighted by Gasteiger charge is 2.12. The Morgan fingerprint density at radius 2 is 1.69 bits per heavy atom. The Bertz CT molecular complexity index is 1180. The molecular weight excluding hydrogens is 360 g/mol. The van der Waals surface area contributed by atoms with E-state index in [1.54, 1.807) is 6.08 Å². The SMILES string of the molecule is Cc1cc2nc(-c3ccc(C)c(NC(=O)/C=C/c4ccccc4)c3)oc2cc1C. The number of amides is 1. The van der Waals surface area contributed by atoms with Gasteiger partial charge in [0.1, 0.15) is 5.52 Å². The smallest absolute Gasteiger partial charge is 0.248 e. The number of rotatable bonds is 4. The molecule has 0 unspecified atom stereocenters. The van der Waals surface area contributed by atoms with Crippen LogP contribution in [0.4, 0.5) is 5.69 Å². The van der Waals surface area contributed by atoms with Crippen molar-refractivity contribution >= 4 is 28.8 Å². The monoisotopic (exact) mass is 382 g/mol. The van der Waals surface area contributed by atoms with Crippen LogP contribution in [0.25, 0.3) is 28.6 Å². The van der Waals surface area contributed by atoms with Crippen molar-refractivity contribution in [3.63, 3.8) is 0 Å². The van der Waals surface area contributed by atoms with E-state index in [4.69, 9.17) is 4.42 Å². The molecule has 1 amide bonds. The van der Waals surface area contributed by atoms with Crippen molar-refractivity contribution in [1.29, 1.82) is 0 Å². The number of nitrogens with zero attached hydrogens (tertiary/aromatic N) is 1. The van der Waals surface area contributed by atoms with E-state index in [0.717, 1.165) is 33.5 Å². The summed E-state index contributed by atoms with van der Waals surface area (Å²) in [7, 11) is 0. The summed E-state index contributed by atoms with van der Waals surface area (Å²) in [6, 6.07) is 19.6. The number of aromatic nitrogens is 1. The van der Waals surface area contributed by atoms with Crippen LogP contribution in [0.15, 0.2) is 71.2 Å². The molecule has 29 heavy (non-hydrogen) atoms. The maximum atomic E-state index is 12.4. The predicted octanol–water partition coefficient (Wildman–Crippen LogP) is 6.07. The summed E-state index contributed by atoms with van der Waals surface area (Å²) in [6.45, 7) is 6.07. The van der Waals surface area contributed by atoms with E-state index >= 15 is 0 Å². The number of carbonyl (C=O) groups is 1. The number of benzene rings is 3. The second-order valence-corrected chi connectivity index (χ2v) is 7.19. The molecule has 1 N–H and O–H groups in total. The summed E-state index contributed by atoms with van der Waals surface area (Å²) in [6.07, 6.45) is 3.33. The van der Waals surface area contributed by atoms with Gasteiger partial charge >= 0.3 is 0 Å². The zero-order valence-electron chi connectivity index (χ0n) is 16.7.